The zero-order valence-corrected chi connectivity index (χ0v) is 15.8. The highest BCUT2D eigenvalue weighted by molar-refractivity contribution is 5.86. The first kappa shape index (κ1) is 21.6. The summed E-state index contributed by atoms with van der Waals surface area (Å²) in [5.41, 5.74) is 1.35. The Morgan fingerprint density at radius 3 is 2.50 bits per heavy atom. The van der Waals surface area contributed by atoms with Crippen molar-refractivity contribution in [1.29, 1.82) is 0 Å². The lowest BCUT2D eigenvalue weighted by Crippen LogP contribution is -2.11. The van der Waals surface area contributed by atoms with Crippen molar-refractivity contribution in [2.75, 3.05) is 19.8 Å². The van der Waals surface area contributed by atoms with Gasteiger partial charge in [-0.1, -0.05) is 44.7 Å². The molecule has 1 aromatic rings. The molecule has 0 saturated carbocycles. The van der Waals surface area contributed by atoms with Crippen LogP contribution in [0.25, 0.3) is 6.08 Å². The average Bonchev–Trinajstić information content (AvgIpc) is 2.59. The predicted molar refractivity (Wildman–Crippen MR) is 102 cm³/mol. The minimum absolute atomic E-state index is 0.170. The summed E-state index contributed by atoms with van der Waals surface area (Å²) in [4.78, 5) is 23.0. The molecule has 5 nitrogen and oxygen atoms in total. The van der Waals surface area contributed by atoms with E-state index >= 15 is 0 Å². The van der Waals surface area contributed by atoms with Crippen molar-refractivity contribution >= 4 is 18.0 Å². The predicted octanol–water partition coefficient (Wildman–Crippen LogP) is 4.18. The molecular formula is C21H28O5. The van der Waals surface area contributed by atoms with Crippen LogP contribution in [0.2, 0.25) is 0 Å². The Morgan fingerprint density at radius 1 is 1.19 bits per heavy atom. The number of ether oxygens (including phenoxy) is 3. The third-order valence-electron chi connectivity index (χ3n) is 3.19. The first-order chi connectivity index (χ1) is 12.4. The lowest BCUT2D eigenvalue weighted by Gasteiger charge is -2.06. The molecule has 0 bridgehead atoms. The maximum atomic E-state index is 11.8. The van der Waals surface area contributed by atoms with Crippen LogP contribution in [0.15, 0.2) is 42.5 Å². The molecule has 0 atom stereocenters. The monoisotopic (exact) mass is 360 g/mol. The first-order valence-electron chi connectivity index (χ1n) is 8.76. The van der Waals surface area contributed by atoms with Crippen LogP contribution >= 0.6 is 0 Å². The van der Waals surface area contributed by atoms with Crippen LogP contribution in [0.4, 0.5) is 0 Å². The SMILES string of the molecule is C=C(C)C(=O)OCCCC(=O)Oc1ccc(/C=C/COCC(C)C)cc1. The van der Waals surface area contributed by atoms with Gasteiger partial charge in [-0.15, -0.1) is 0 Å². The lowest BCUT2D eigenvalue weighted by atomic mass is 10.2. The van der Waals surface area contributed by atoms with E-state index < -0.39 is 5.97 Å². The highest BCUT2D eigenvalue weighted by Crippen LogP contribution is 2.14. The molecule has 0 heterocycles. The molecule has 0 amide bonds. The molecule has 5 heteroatoms. The summed E-state index contributed by atoms with van der Waals surface area (Å²) in [5, 5.41) is 0. The Labute approximate surface area is 155 Å². The maximum Gasteiger partial charge on any atom is 0.333 e. The van der Waals surface area contributed by atoms with E-state index in [2.05, 4.69) is 20.4 Å². The lowest BCUT2D eigenvalue weighted by molar-refractivity contribution is -0.141. The average molecular weight is 360 g/mol. The van der Waals surface area contributed by atoms with Gasteiger partial charge >= 0.3 is 11.9 Å². The topological polar surface area (TPSA) is 61.8 Å². The fraction of sp³-hybridized carbons (Fsp3) is 0.429. The van der Waals surface area contributed by atoms with Crippen LogP contribution in [-0.4, -0.2) is 31.8 Å². The van der Waals surface area contributed by atoms with Crippen LogP contribution in [0, 0.1) is 5.92 Å². The molecule has 0 aromatic heterocycles. The molecule has 142 valence electrons. The van der Waals surface area contributed by atoms with Gasteiger partial charge in [0, 0.05) is 18.6 Å². The Bertz CT molecular complexity index is 614. The van der Waals surface area contributed by atoms with Gasteiger partial charge in [0.05, 0.1) is 13.2 Å². The van der Waals surface area contributed by atoms with Crippen LogP contribution in [0.1, 0.15) is 39.2 Å². The molecule has 1 aromatic carbocycles. The molecule has 0 radical (unpaired) electrons. The van der Waals surface area contributed by atoms with E-state index in [4.69, 9.17) is 14.2 Å². The van der Waals surface area contributed by atoms with Crippen LogP contribution in [0.5, 0.6) is 5.75 Å². The maximum absolute atomic E-state index is 11.8. The molecule has 0 fully saturated rings. The van der Waals surface area contributed by atoms with Crippen molar-refractivity contribution in [3.05, 3.63) is 48.1 Å². The molecule has 0 aliphatic carbocycles. The largest absolute Gasteiger partial charge is 0.462 e. The third-order valence-corrected chi connectivity index (χ3v) is 3.19. The zero-order chi connectivity index (χ0) is 19.4. The van der Waals surface area contributed by atoms with Crippen LogP contribution < -0.4 is 4.74 Å². The molecule has 0 aliphatic rings. The molecule has 26 heavy (non-hydrogen) atoms. The van der Waals surface area contributed by atoms with Gasteiger partial charge in [-0.3, -0.25) is 4.79 Å². The fourth-order valence-electron chi connectivity index (χ4n) is 1.89. The second kappa shape index (κ2) is 12.0. The second-order valence-electron chi connectivity index (χ2n) is 6.40. The summed E-state index contributed by atoms with van der Waals surface area (Å²) < 4.78 is 15.6. The smallest absolute Gasteiger partial charge is 0.333 e. The van der Waals surface area contributed by atoms with E-state index in [1.807, 2.05) is 24.3 Å². The standard InChI is InChI=1S/C21H28O5/c1-16(2)15-24-13-5-7-18-9-11-19(12-10-18)26-20(22)8-6-14-25-21(23)17(3)4/h5,7,9-12,16H,3,6,8,13-15H2,1-2,4H3/b7-5+. The summed E-state index contributed by atoms with van der Waals surface area (Å²) in [5.74, 6) is 0.205. The minimum atomic E-state index is -0.448. The van der Waals surface area contributed by atoms with Gasteiger partial charge in [0.2, 0.25) is 0 Å². The normalized spacial score (nSPS) is 10.9. The van der Waals surface area contributed by atoms with E-state index in [0.29, 0.717) is 30.3 Å². The molecular weight excluding hydrogens is 332 g/mol. The molecule has 1 rings (SSSR count). The van der Waals surface area contributed by atoms with E-state index in [1.165, 1.54) is 0 Å². The Kier molecular flexibility index (Phi) is 10.0. The summed E-state index contributed by atoms with van der Waals surface area (Å²) in [6.07, 6.45) is 4.50. The van der Waals surface area contributed by atoms with Gasteiger partial charge in [-0.25, -0.2) is 4.79 Å². The van der Waals surface area contributed by atoms with Crippen molar-refractivity contribution < 1.29 is 23.8 Å². The number of carbonyl (C=O) groups is 2. The molecule has 0 aliphatic heterocycles. The summed E-state index contributed by atoms with van der Waals surface area (Å²) >= 11 is 0. The Morgan fingerprint density at radius 2 is 1.88 bits per heavy atom. The highest BCUT2D eigenvalue weighted by Gasteiger charge is 2.07. The number of carbonyl (C=O) groups excluding carboxylic acids is 2. The molecule has 0 N–H and O–H groups in total. The van der Waals surface area contributed by atoms with Crippen molar-refractivity contribution in [2.45, 2.75) is 33.6 Å². The minimum Gasteiger partial charge on any atom is -0.462 e. The van der Waals surface area contributed by atoms with Gasteiger partial charge in [0.25, 0.3) is 0 Å². The summed E-state index contributed by atoms with van der Waals surface area (Å²) in [6, 6.07) is 7.23. The number of hydrogen-bond acceptors (Lipinski definition) is 5. The Balaban J connectivity index is 2.28. The number of esters is 2. The molecule has 0 saturated heterocycles. The third kappa shape index (κ3) is 9.79. The quantitative estimate of drug-likeness (QED) is 0.256. The fourth-order valence-corrected chi connectivity index (χ4v) is 1.89. The van der Waals surface area contributed by atoms with Crippen LogP contribution in [-0.2, 0) is 19.1 Å². The summed E-state index contributed by atoms with van der Waals surface area (Å²) in [6.45, 7) is 10.8. The van der Waals surface area contributed by atoms with E-state index in [1.54, 1.807) is 19.1 Å². The van der Waals surface area contributed by atoms with Crippen molar-refractivity contribution in [2.24, 2.45) is 5.92 Å². The highest BCUT2D eigenvalue weighted by atomic mass is 16.5. The van der Waals surface area contributed by atoms with Gasteiger partial charge in [0.15, 0.2) is 0 Å². The van der Waals surface area contributed by atoms with E-state index in [9.17, 15) is 9.59 Å². The van der Waals surface area contributed by atoms with Gasteiger partial charge in [-0.05, 0) is 37.0 Å². The molecule has 0 spiro atoms. The van der Waals surface area contributed by atoms with Crippen molar-refractivity contribution in [1.82, 2.24) is 0 Å². The van der Waals surface area contributed by atoms with Gasteiger partial charge < -0.3 is 14.2 Å². The number of hydrogen-bond donors (Lipinski definition) is 0. The second-order valence-corrected chi connectivity index (χ2v) is 6.40. The van der Waals surface area contributed by atoms with Crippen LogP contribution in [0.3, 0.4) is 0 Å². The zero-order valence-electron chi connectivity index (χ0n) is 15.8. The number of rotatable bonds is 11. The van der Waals surface area contributed by atoms with Gasteiger partial charge in [0.1, 0.15) is 5.75 Å². The van der Waals surface area contributed by atoms with E-state index in [0.717, 1.165) is 12.2 Å². The number of benzene rings is 1. The van der Waals surface area contributed by atoms with Gasteiger partial charge in [-0.2, -0.15) is 0 Å². The molecule has 0 unspecified atom stereocenters. The Hall–Kier alpha value is -2.40. The van der Waals surface area contributed by atoms with Crippen molar-refractivity contribution in [3.8, 4) is 5.75 Å². The first-order valence-corrected chi connectivity index (χ1v) is 8.76. The summed E-state index contributed by atoms with van der Waals surface area (Å²) in [7, 11) is 0. The van der Waals surface area contributed by atoms with E-state index in [-0.39, 0.29) is 19.0 Å². The van der Waals surface area contributed by atoms with Crippen molar-refractivity contribution in [3.63, 3.8) is 0 Å².